The number of unbranched alkanes of at least 4 members (excludes halogenated alkanes) is 6. The second-order valence-corrected chi connectivity index (χ2v) is 6.31. The van der Waals surface area contributed by atoms with Crippen LogP contribution in [0.25, 0.3) is 0 Å². The van der Waals surface area contributed by atoms with Gasteiger partial charge in [0.05, 0.1) is 12.2 Å². The summed E-state index contributed by atoms with van der Waals surface area (Å²) in [4.78, 5) is 19.2. The zero-order valence-corrected chi connectivity index (χ0v) is 15.8. The smallest absolute Gasteiger partial charge is 0.337 e. The van der Waals surface area contributed by atoms with Gasteiger partial charge in [-0.05, 0) is 42.5 Å². The van der Waals surface area contributed by atoms with Crippen LogP contribution in [0.15, 0.2) is 36.7 Å². The molecule has 0 saturated carbocycles. The molecule has 2 aromatic rings. The zero-order chi connectivity index (χ0) is 19.3. The Morgan fingerprint density at radius 3 is 2.52 bits per heavy atom. The summed E-state index contributed by atoms with van der Waals surface area (Å²) < 4.78 is 5.84. The summed E-state index contributed by atoms with van der Waals surface area (Å²) in [5.41, 5.74) is 1.19. The highest BCUT2D eigenvalue weighted by molar-refractivity contribution is 5.87. The molecule has 2 heterocycles. The minimum atomic E-state index is -1.01. The Morgan fingerprint density at radius 2 is 1.81 bits per heavy atom. The summed E-state index contributed by atoms with van der Waals surface area (Å²) in [5, 5.41) is 8.89. The maximum absolute atomic E-state index is 10.8. The topological polar surface area (TPSA) is 72.3 Å². The number of carbonyl (C=O) groups is 1. The molecule has 0 spiro atoms. The Bertz CT molecular complexity index is 776. The van der Waals surface area contributed by atoms with Gasteiger partial charge in [0.15, 0.2) is 11.4 Å². The molecule has 5 heteroatoms. The average molecular weight is 366 g/mol. The number of hydrogen-bond acceptors (Lipinski definition) is 4. The maximum Gasteiger partial charge on any atom is 0.337 e. The Labute approximate surface area is 160 Å². The van der Waals surface area contributed by atoms with Crippen LogP contribution in [0.5, 0.6) is 5.75 Å². The summed E-state index contributed by atoms with van der Waals surface area (Å²) in [6, 6.07) is 6.75. The molecule has 0 aromatic carbocycles. The third-order valence-electron chi connectivity index (χ3n) is 4.10. The van der Waals surface area contributed by atoms with Gasteiger partial charge in [-0.25, -0.2) is 14.8 Å². The standard InChI is InChI=1S/C22H26N2O3/c1-2-3-4-5-6-7-8-16-27-21-10-9-15-23-20(21)14-13-19-12-11-18(17-24-19)22(25)26/h9-12,15,17H,2-8,16H2,1H3,(H,25,26). The molecule has 0 bridgehead atoms. The van der Waals surface area contributed by atoms with Crippen LogP contribution in [0.4, 0.5) is 0 Å². The van der Waals surface area contributed by atoms with Crippen molar-refractivity contribution in [2.75, 3.05) is 6.61 Å². The van der Waals surface area contributed by atoms with Crippen molar-refractivity contribution in [2.45, 2.75) is 51.9 Å². The second kappa shape index (κ2) is 11.7. The van der Waals surface area contributed by atoms with E-state index >= 15 is 0 Å². The van der Waals surface area contributed by atoms with E-state index in [0.29, 0.717) is 23.7 Å². The number of pyridine rings is 2. The molecule has 2 aromatic heterocycles. The molecular weight excluding hydrogens is 340 g/mol. The Balaban J connectivity index is 1.86. The zero-order valence-electron chi connectivity index (χ0n) is 15.8. The highest BCUT2D eigenvalue weighted by Crippen LogP contribution is 2.15. The lowest BCUT2D eigenvalue weighted by Gasteiger charge is -2.07. The van der Waals surface area contributed by atoms with Crippen molar-refractivity contribution in [3.8, 4) is 17.6 Å². The van der Waals surface area contributed by atoms with E-state index in [2.05, 4.69) is 28.7 Å². The van der Waals surface area contributed by atoms with Gasteiger partial charge in [-0.1, -0.05) is 45.4 Å². The van der Waals surface area contributed by atoms with E-state index in [-0.39, 0.29) is 5.56 Å². The number of ether oxygens (including phenoxy) is 1. The summed E-state index contributed by atoms with van der Waals surface area (Å²) in [6.45, 7) is 2.88. The predicted molar refractivity (Wildman–Crippen MR) is 105 cm³/mol. The number of aromatic carboxylic acids is 1. The van der Waals surface area contributed by atoms with Crippen molar-refractivity contribution in [2.24, 2.45) is 0 Å². The minimum absolute atomic E-state index is 0.136. The Kier molecular flexibility index (Phi) is 8.85. The molecule has 2 rings (SSSR count). The highest BCUT2D eigenvalue weighted by atomic mass is 16.5. The number of carboxylic acids is 1. The first-order chi connectivity index (χ1) is 13.2. The molecule has 0 aliphatic carbocycles. The molecule has 0 aliphatic rings. The first kappa shape index (κ1) is 20.4. The van der Waals surface area contributed by atoms with Crippen LogP contribution in [0.1, 0.15) is 73.6 Å². The highest BCUT2D eigenvalue weighted by Gasteiger charge is 2.03. The van der Waals surface area contributed by atoms with Crippen molar-refractivity contribution in [3.63, 3.8) is 0 Å². The van der Waals surface area contributed by atoms with Crippen molar-refractivity contribution >= 4 is 5.97 Å². The fourth-order valence-corrected chi connectivity index (χ4v) is 2.56. The van der Waals surface area contributed by atoms with Crippen LogP contribution in [-0.4, -0.2) is 27.7 Å². The first-order valence-corrected chi connectivity index (χ1v) is 9.50. The Morgan fingerprint density at radius 1 is 1.04 bits per heavy atom. The van der Waals surface area contributed by atoms with Gasteiger partial charge in [-0.3, -0.25) is 0 Å². The first-order valence-electron chi connectivity index (χ1n) is 9.50. The van der Waals surface area contributed by atoms with Crippen LogP contribution in [0.3, 0.4) is 0 Å². The van der Waals surface area contributed by atoms with Crippen LogP contribution < -0.4 is 4.74 Å². The lowest BCUT2D eigenvalue weighted by atomic mass is 10.1. The van der Waals surface area contributed by atoms with Crippen molar-refractivity contribution in [1.82, 2.24) is 9.97 Å². The van der Waals surface area contributed by atoms with Crippen molar-refractivity contribution in [3.05, 3.63) is 53.6 Å². The quantitative estimate of drug-likeness (QED) is 0.487. The number of hydrogen-bond donors (Lipinski definition) is 1. The monoisotopic (exact) mass is 366 g/mol. The molecule has 0 fully saturated rings. The van der Waals surface area contributed by atoms with E-state index < -0.39 is 5.97 Å². The summed E-state index contributed by atoms with van der Waals surface area (Å²) in [7, 11) is 0. The van der Waals surface area contributed by atoms with Crippen molar-refractivity contribution in [1.29, 1.82) is 0 Å². The van der Waals surface area contributed by atoms with Gasteiger partial charge >= 0.3 is 5.97 Å². The molecule has 0 atom stereocenters. The van der Waals surface area contributed by atoms with E-state index in [1.807, 2.05) is 12.1 Å². The molecule has 0 unspecified atom stereocenters. The Hall–Kier alpha value is -2.87. The van der Waals surface area contributed by atoms with E-state index in [1.54, 1.807) is 12.3 Å². The predicted octanol–water partition coefficient (Wildman–Crippen LogP) is 4.70. The number of nitrogens with zero attached hydrogens (tertiary/aromatic N) is 2. The van der Waals surface area contributed by atoms with Crippen LogP contribution in [0, 0.1) is 11.8 Å². The molecule has 5 nitrogen and oxygen atoms in total. The van der Waals surface area contributed by atoms with Crippen LogP contribution in [-0.2, 0) is 0 Å². The molecule has 0 amide bonds. The van der Waals surface area contributed by atoms with E-state index in [1.165, 1.54) is 50.8 Å². The third kappa shape index (κ3) is 7.49. The molecule has 0 radical (unpaired) electrons. The molecule has 142 valence electrons. The van der Waals surface area contributed by atoms with Crippen molar-refractivity contribution < 1.29 is 14.6 Å². The number of aromatic nitrogens is 2. The summed E-state index contributed by atoms with van der Waals surface area (Å²) in [6.07, 6.45) is 11.6. The summed E-state index contributed by atoms with van der Waals surface area (Å²) in [5.74, 6) is 5.52. The van der Waals surface area contributed by atoms with Gasteiger partial charge in [0.25, 0.3) is 0 Å². The van der Waals surface area contributed by atoms with Gasteiger partial charge < -0.3 is 9.84 Å². The van der Waals surface area contributed by atoms with Crippen LogP contribution >= 0.6 is 0 Å². The molecule has 0 saturated heterocycles. The molecule has 0 aliphatic heterocycles. The lowest BCUT2D eigenvalue weighted by Crippen LogP contribution is -2.00. The van der Waals surface area contributed by atoms with E-state index in [9.17, 15) is 4.79 Å². The van der Waals surface area contributed by atoms with Crippen LogP contribution in [0.2, 0.25) is 0 Å². The lowest BCUT2D eigenvalue weighted by molar-refractivity contribution is 0.0696. The molecule has 27 heavy (non-hydrogen) atoms. The largest absolute Gasteiger partial charge is 0.491 e. The minimum Gasteiger partial charge on any atom is -0.491 e. The van der Waals surface area contributed by atoms with Gasteiger partial charge in [0.1, 0.15) is 5.69 Å². The maximum atomic E-state index is 10.8. The molecular formula is C22H26N2O3. The average Bonchev–Trinajstić information content (AvgIpc) is 2.69. The van der Waals surface area contributed by atoms with Gasteiger partial charge in [0.2, 0.25) is 0 Å². The number of rotatable bonds is 10. The van der Waals surface area contributed by atoms with Gasteiger partial charge in [0, 0.05) is 12.4 Å². The summed E-state index contributed by atoms with van der Waals surface area (Å²) >= 11 is 0. The fraction of sp³-hybridized carbons (Fsp3) is 0.409. The van der Waals surface area contributed by atoms with E-state index in [4.69, 9.17) is 9.84 Å². The number of carboxylic acid groups (broad SMARTS) is 1. The SMILES string of the molecule is CCCCCCCCCOc1cccnc1C#Cc1ccc(C(=O)O)cn1. The van der Waals surface area contributed by atoms with E-state index in [0.717, 1.165) is 6.42 Å². The van der Waals surface area contributed by atoms with Gasteiger partial charge in [-0.2, -0.15) is 0 Å². The van der Waals surface area contributed by atoms with Gasteiger partial charge in [-0.15, -0.1) is 0 Å². The second-order valence-electron chi connectivity index (χ2n) is 6.31. The molecule has 1 N–H and O–H groups in total. The normalized spacial score (nSPS) is 10.1. The fourth-order valence-electron chi connectivity index (χ4n) is 2.56. The third-order valence-corrected chi connectivity index (χ3v) is 4.10.